The van der Waals surface area contributed by atoms with Crippen molar-refractivity contribution in [2.24, 2.45) is 0 Å². The van der Waals surface area contributed by atoms with Crippen LogP contribution in [0.4, 0.5) is 11.5 Å². The first kappa shape index (κ1) is 13.3. The molecule has 0 aliphatic heterocycles. The van der Waals surface area contributed by atoms with Gasteiger partial charge in [-0.25, -0.2) is 4.52 Å². The third-order valence-electron chi connectivity index (χ3n) is 3.25. The highest BCUT2D eigenvalue weighted by molar-refractivity contribution is 5.75. The zero-order valence-corrected chi connectivity index (χ0v) is 10.9. The molecule has 1 aromatic carbocycles. The normalized spacial score (nSPS) is 10.7. The quantitative estimate of drug-likeness (QED) is 0.531. The van der Waals surface area contributed by atoms with Gasteiger partial charge in [0.05, 0.1) is 10.5 Å². The molecule has 2 N–H and O–H groups in total. The molecule has 9 heteroatoms. The number of anilines is 1. The van der Waals surface area contributed by atoms with Gasteiger partial charge in [-0.15, -0.1) is 0 Å². The number of hydrogen-bond donors (Lipinski definition) is 1. The van der Waals surface area contributed by atoms with Gasteiger partial charge in [0.15, 0.2) is 0 Å². The molecule has 0 bridgehead atoms. The van der Waals surface area contributed by atoms with Gasteiger partial charge in [-0.05, 0) is 6.07 Å². The van der Waals surface area contributed by atoms with Crippen LogP contribution in [0.1, 0.15) is 5.56 Å². The Hall–Kier alpha value is -3.67. The second-order valence-corrected chi connectivity index (χ2v) is 4.45. The van der Waals surface area contributed by atoms with Crippen molar-refractivity contribution in [1.82, 2.24) is 9.03 Å². The van der Waals surface area contributed by atoms with Crippen LogP contribution in [-0.2, 0) is 0 Å². The summed E-state index contributed by atoms with van der Waals surface area (Å²) in [6, 6.07) is 8.24. The van der Waals surface area contributed by atoms with Crippen LogP contribution in [0.2, 0.25) is 0 Å². The summed E-state index contributed by atoms with van der Waals surface area (Å²) < 4.78 is 1.70. The first-order valence-corrected chi connectivity index (χ1v) is 6.01. The summed E-state index contributed by atoms with van der Waals surface area (Å²) >= 11 is 0. The first-order valence-electron chi connectivity index (χ1n) is 6.01. The Kier molecular flexibility index (Phi) is 2.68. The van der Waals surface area contributed by atoms with Gasteiger partial charge in [0, 0.05) is 12.1 Å². The predicted molar refractivity (Wildman–Crippen MR) is 75.8 cm³/mol. The van der Waals surface area contributed by atoms with Crippen LogP contribution >= 0.6 is 0 Å². The number of hydrogen-bond acceptors (Lipinski definition) is 6. The topological polar surface area (TPSA) is 136 Å². The van der Waals surface area contributed by atoms with Crippen molar-refractivity contribution in [3.8, 4) is 17.3 Å². The smallest absolute Gasteiger partial charge is 0.291 e. The van der Waals surface area contributed by atoms with Crippen molar-refractivity contribution in [3.05, 3.63) is 66.7 Å². The number of fused-ring (bicyclic) bond motifs is 1. The van der Waals surface area contributed by atoms with E-state index < -0.39 is 16.0 Å². The maximum atomic E-state index is 12.2. The molecule has 22 heavy (non-hydrogen) atoms. The highest BCUT2D eigenvalue weighted by Gasteiger charge is 2.26. The molecule has 0 saturated heterocycles. The summed E-state index contributed by atoms with van der Waals surface area (Å²) in [5.74, 6) is -0.142. The van der Waals surface area contributed by atoms with Crippen LogP contribution in [-0.4, -0.2) is 14.0 Å². The molecule has 0 radical (unpaired) electrons. The number of nitrogen functional groups attached to an aromatic ring is 1. The minimum atomic E-state index is -0.796. The highest BCUT2D eigenvalue weighted by Crippen LogP contribution is 2.30. The molecule has 9 nitrogen and oxygen atoms in total. The van der Waals surface area contributed by atoms with Gasteiger partial charge in [0.1, 0.15) is 23.1 Å². The van der Waals surface area contributed by atoms with Gasteiger partial charge in [-0.1, -0.05) is 12.1 Å². The molecule has 108 valence electrons. The van der Waals surface area contributed by atoms with Gasteiger partial charge in [0.2, 0.25) is 0 Å². The largest absolute Gasteiger partial charge is 0.383 e. The second-order valence-electron chi connectivity index (χ2n) is 4.45. The van der Waals surface area contributed by atoms with Crippen molar-refractivity contribution < 1.29 is 4.92 Å². The lowest BCUT2D eigenvalue weighted by molar-refractivity contribution is -0.384. The number of nitro groups is 1. The first-order chi connectivity index (χ1) is 10.5. The van der Waals surface area contributed by atoms with Gasteiger partial charge in [-0.3, -0.25) is 19.7 Å². The lowest BCUT2D eigenvalue weighted by atomic mass is 10.1. The Bertz CT molecular complexity index is 1070. The van der Waals surface area contributed by atoms with E-state index in [1.165, 1.54) is 24.3 Å². The molecule has 0 aliphatic carbocycles. The molecule has 0 unspecified atom stereocenters. The maximum Gasteiger partial charge on any atom is 0.291 e. The summed E-state index contributed by atoms with van der Waals surface area (Å²) in [7, 11) is 0. The zero-order valence-electron chi connectivity index (χ0n) is 10.9. The molecule has 0 spiro atoms. The molecule has 2 heterocycles. The van der Waals surface area contributed by atoms with E-state index in [4.69, 9.17) is 5.73 Å². The molecule has 2 aromatic heterocycles. The van der Waals surface area contributed by atoms with Gasteiger partial charge in [-0.2, -0.15) is 9.78 Å². The number of rotatable bonds is 2. The van der Waals surface area contributed by atoms with E-state index in [2.05, 4.69) is 0 Å². The fraction of sp³-hybridized carbons (Fsp3) is 0. The van der Waals surface area contributed by atoms with Crippen LogP contribution in [0.15, 0.2) is 39.9 Å². The second kappa shape index (κ2) is 4.42. The number of nitriles is 1. The average molecular weight is 297 g/mol. The summed E-state index contributed by atoms with van der Waals surface area (Å²) in [5.41, 5.74) is 3.31. The SMILES string of the molecule is N#Cc1c(-c2ccccc2[N+](=O)[O-])n2c(=O)cc(N)n2c1=O. The Balaban J connectivity index is 2.58. The maximum absolute atomic E-state index is 12.2. The van der Waals surface area contributed by atoms with Crippen molar-refractivity contribution in [3.63, 3.8) is 0 Å². The molecule has 0 saturated carbocycles. The lowest BCUT2D eigenvalue weighted by Crippen LogP contribution is -2.16. The standard InChI is InChI=1S/C13H7N5O4/c14-6-8-12(7-3-1-2-4-9(7)18(21)22)17-11(19)5-10(15)16(17)13(8)20/h1-5H,15H2. The Morgan fingerprint density at radius 2 is 1.91 bits per heavy atom. The summed E-state index contributed by atoms with van der Waals surface area (Å²) in [4.78, 5) is 34.7. The van der Waals surface area contributed by atoms with Crippen molar-refractivity contribution in [2.75, 3.05) is 5.73 Å². The summed E-state index contributed by atoms with van der Waals surface area (Å²) in [5, 5.41) is 20.4. The molecule has 0 atom stereocenters. The van der Waals surface area contributed by atoms with E-state index in [-0.39, 0.29) is 28.3 Å². The number of benzene rings is 1. The van der Waals surface area contributed by atoms with Crippen LogP contribution in [0.5, 0.6) is 0 Å². The fourth-order valence-corrected chi connectivity index (χ4v) is 2.38. The van der Waals surface area contributed by atoms with Gasteiger partial charge >= 0.3 is 0 Å². The van der Waals surface area contributed by atoms with Crippen molar-refractivity contribution in [2.45, 2.75) is 0 Å². The van der Waals surface area contributed by atoms with Gasteiger partial charge < -0.3 is 5.73 Å². The Labute approximate surface area is 121 Å². The van der Waals surface area contributed by atoms with Crippen LogP contribution in [0.25, 0.3) is 11.3 Å². The number of nitrogens with two attached hydrogens (primary N) is 1. The Morgan fingerprint density at radius 3 is 2.55 bits per heavy atom. The molecular weight excluding hydrogens is 290 g/mol. The molecule has 3 aromatic rings. The van der Waals surface area contributed by atoms with E-state index in [0.29, 0.717) is 0 Å². The van der Waals surface area contributed by atoms with E-state index >= 15 is 0 Å². The van der Waals surface area contributed by atoms with E-state index in [1.54, 1.807) is 6.07 Å². The number of aromatic nitrogens is 2. The Morgan fingerprint density at radius 1 is 1.23 bits per heavy atom. The molecule has 0 amide bonds. The third-order valence-corrected chi connectivity index (χ3v) is 3.25. The predicted octanol–water partition coefficient (Wildman–Crippen LogP) is 0.226. The number of nitro benzene ring substituents is 1. The van der Waals surface area contributed by atoms with Crippen LogP contribution < -0.4 is 16.9 Å². The highest BCUT2D eigenvalue weighted by atomic mass is 16.6. The molecule has 0 aliphatic rings. The fourth-order valence-electron chi connectivity index (χ4n) is 2.38. The monoisotopic (exact) mass is 297 g/mol. The van der Waals surface area contributed by atoms with E-state index in [9.17, 15) is 25.0 Å². The third kappa shape index (κ3) is 1.58. The van der Waals surface area contributed by atoms with Crippen LogP contribution in [0.3, 0.4) is 0 Å². The molecular formula is C13H7N5O4. The number of nitrogens with zero attached hydrogens (tertiary/aromatic N) is 4. The van der Waals surface area contributed by atoms with E-state index in [1.807, 2.05) is 0 Å². The molecule has 0 fully saturated rings. The minimum Gasteiger partial charge on any atom is -0.383 e. The van der Waals surface area contributed by atoms with Crippen LogP contribution in [0, 0.1) is 21.4 Å². The van der Waals surface area contributed by atoms with Crippen molar-refractivity contribution >= 4 is 11.5 Å². The van der Waals surface area contributed by atoms with Crippen molar-refractivity contribution in [1.29, 1.82) is 5.26 Å². The van der Waals surface area contributed by atoms with Gasteiger partial charge in [0.25, 0.3) is 16.8 Å². The minimum absolute atomic E-state index is 0.00338. The summed E-state index contributed by atoms with van der Waals surface area (Å²) in [6.07, 6.45) is 0. The lowest BCUT2D eigenvalue weighted by Gasteiger charge is -2.01. The average Bonchev–Trinajstić information content (AvgIpc) is 2.94. The molecule has 3 rings (SSSR count). The van der Waals surface area contributed by atoms with E-state index in [0.717, 1.165) is 15.1 Å². The zero-order chi connectivity index (χ0) is 16.0. The number of para-hydroxylation sites is 1. The summed E-state index contributed by atoms with van der Waals surface area (Å²) in [6.45, 7) is 0.